The fourth-order valence-corrected chi connectivity index (χ4v) is 4.23. The highest BCUT2D eigenvalue weighted by Gasteiger charge is 2.17. The Morgan fingerprint density at radius 3 is 2.93 bits per heavy atom. The van der Waals surface area contributed by atoms with E-state index in [1.807, 2.05) is 0 Å². The average Bonchev–Trinajstić information content (AvgIpc) is 3.27. The molecular weight excluding hydrogens is 367 g/mol. The van der Waals surface area contributed by atoms with Crippen LogP contribution >= 0.6 is 11.3 Å². The number of thiazole rings is 1. The minimum absolute atomic E-state index is 0.0624. The van der Waals surface area contributed by atoms with E-state index in [0.717, 1.165) is 18.7 Å². The van der Waals surface area contributed by atoms with Crippen molar-refractivity contribution in [2.24, 2.45) is 0 Å². The van der Waals surface area contributed by atoms with Gasteiger partial charge in [-0.05, 0) is 42.8 Å². The molecule has 27 heavy (non-hydrogen) atoms. The summed E-state index contributed by atoms with van der Waals surface area (Å²) in [6.45, 7) is 0.692. The third-order valence-electron chi connectivity index (χ3n) is 4.65. The third-order valence-corrected chi connectivity index (χ3v) is 5.58. The van der Waals surface area contributed by atoms with Crippen LogP contribution in [-0.2, 0) is 13.0 Å². The van der Waals surface area contributed by atoms with Crippen molar-refractivity contribution < 1.29 is 9.18 Å². The molecule has 0 saturated heterocycles. The zero-order valence-electron chi connectivity index (χ0n) is 14.0. The van der Waals surface area contributed by atoms with Crippen LogP contribution in [0.25, 0.3) is 21.1 Å². The van der Waals surface area contributed by atoms with Gasteiger partial charge in [0.25, 0.3) is 11.5 Å². The van der Waals surface area contributed by atoms with E-state index in [2.05, 4.69) is 15.3 Å². The van der Waals surface area contributed by atoms with E-state index in [9.17, 15) is 14.0 Å². The summed E-state index contributed by atoms with van der Waals surface area (Å²) in [5.74, 6) is 0.0699. The van der Waals surface area contributed by atoms with Crippen LogP contribution in [0.3, 0.4) is 0 Å². The van der Waals surface area contributed by atoms with Gasteiger partial charge in [0.15, 0.2) is 5.13 Å². The van der Waals surface area contributed by atoms with Gasteiger partial charge in [0.2, 0.25) is 0 Å². The Bertz CT molecular complexity index is 1290. The standard InChI is InChI=1S/C19H13FN4O2S/c20-11-4-6-13-15(9-11)27-19(22-13)23-17(25)10-3-5-12-14(8-10)21-16-2-1-7-24(16)18(12)26/h3-6,8-9H,1-2,7H2,(H,22,23,25). The number of nitrogens with zero attached hydrogens (tertiary/aromatic N) is 3. The van der Waals surface area contributed by atoms with Crippen molar-refractivity contribution in [2.75, 3.05) is 5.32 Å². The molecular formula is C19H13FN4O2S. The van der Waals surface area contributed by atoms with Gasteiger partial charge >= 0.3 is 0 Å². The summed E-state index contributed by atoms with van der Waals surface area (Å²) in [6.07, 6.45) is 1.67. The number of rotatable bonds is 2. The van der Waals surface area contributed by atoms with E-state index in [-0.39, 0.29) is 17.3 Å². The normalized spacial score (nSPS) is 13.2. The lowest BCUT2D eigenvalue weighted by Crippen LogP contribution is -2.21. The van der Waals surface area contributed by atoms with Crippen molar-refractivity contribution in [3.63, 3.8) is 0 Å². The Kier molecular flexibility index (Phi) is 3.54. The van der Waals surface area contributed by atoms with Crippen LogP contribution in [0.5, 0.6) is 0 Å². The van der Waals surface area contributed by atoms with Gasteiger partial charge in [-0.3, -0.25) is 19.5 Å². The molecule has 0 unspecified atom stereocenters. The maximum atomic E-state index is 13.3. The van der Waals surface area contributed by atoms with Crippen molar-refractivity contribution in [1.29, 1.82) is 0 Å². The number of carbonyl (C=O) groups is 1. The van der Waals surface area contributed by atoms with Crippen LogP contribution in [0.4, 0.5) is 9.52 Å². The minimum atomic E-state index is -0.348. The van der Waals surface area contributed by atoms with Crippen LogP contribution < -0.4 is 10.9 Å². The summed E-state index contributed by atoms with van der Waals surface area (Å²) < 4.78 is 15.7. The second-order valence-corrected chi connectivity index (χ2v) is 7.44. The predicted octanol–water partition coefficient (Wildman–Crippen LogP) is 3.34. The molecule has 2 aromatic heterocycles. The number of hydrogen-bond acceptors (Lipinski definition) is 5. The topological polar surface area (TPSA) is 76.9 Å². The molecule has 1 aliphatic heterocycles. The van der Waals surface area contributed by atoms with Crippen LogP contribution in [0.15, 0.2) is 41.2 Å². The first-order valence-electron chi connectivity index (χ1n) is 8.49. The molecule has 0 radical (unpaired) electrons. The molecule has 3 heterocycles. The van der Waals surface area contributed by atoms with Gasteiger partial charge in [-0.2, -0.15) is 0 Å². The summed E-state index contributed by atoms with van der Waals surface area (Å²) in [4.78, 5) is 33.9. The average molecular weight is 380 g/mol. The Hall–Kier alpha value is -3.13. The van der Waals surface area contributed by atoms with E-state index in [1.54, 1.807) is 28.8 Å². The van der Waals surface area contributed by atoms with E-state index >= 15 is 0 Å². The zero-order valence-corrected chi connectivity index (χ0v) is 14.8. The fraction of sp³-hybridized carbons (Fsp3) is 0.158. The van der Waals surface area contributed by atoms with Gasteiger partial charge in [-0.25, -0.2) is 14.4 Å². The number of halogens is 1. The zero-order chi connectivity index (χ0) is 18.5. The fourth-order valence-electron chi connectivity index (χ4n) is 3.35. The molecule has 2 aromatic carbocycles. The van der Waals surface area contributed by atoms with Crippen LogP contribution in [-0.4, -0.2) is 20.4 Å². The largest absolute Gasteiger partial charge is 0.298 e. The number of aromatic nitrogens is 3. The summed E-state index contributed by atoms with van der Waals surface area (Å²) in [5, 5.41) is 3.63. The van der Waals surface area contributed by atoms with Crippen molar-refractivity contribution in [2.45, 2.75) is 19.4 Å². The number of amides is 1. The van der Waals surface area contributed by atoms with Crippen LogP contribution in [0.2, 0.25) is 0 Å². The molecule has 0 saturated carbocycles. The molecule has 5 rings (SSSR count). The lowest BCUT2D eigenvalue weighted by Gasteiger charge is -2.06. The number of fused-ring (bicyclic) bond motifs is 3. The van der Waals surface area contributed by atoms with Gasteiger partial charge < -0.3 is 0 Å². The highest BCUT2D eigenvalue weighted by atomic mass is 32.1. The first-order valence-corrected chi connectivity index (χ1v) is 9.31. The smallest absolute Gasteiger partial charge is 0.261 e. The molecule has 0 aliphatic carbocycles. The van der Waals surface area contributed by atoms with Crippen molar-refractivity contribution in [1.82, 2.24) is 14.5 Å². The lowest BCUT2D eigenvalue weighted by molar-refractivity contribution is 0.102. The van der Waals surface area contributed by atoms with Crippen LogP contribution in [0.1, 0.15) is 22.6 Å². The highest BCUT2D eigenvalue weighted by molar-refractivity contribution is 7.22. The molecule has 0 atom stereocenters. The molecule has 1 amide bonds. The van der Waals surface area contributed by atoms with Gasteiger partial charge in [-0.15, -0.1) is 0 Å². The highest BCUT2D eigenvalue weighted by Crippen LogP contribution is 2.27. The van der Waals surface area contributed by atoms with Gasteiger partial charge in [0.05, 0.1) is 21.1 Å². The Balaban J connectivity index is 1.49. The number of carbonyl (C=O) groups excluding carboxylic acids is 1. The van der Waals surface area contributed by atoms with Gasteiger partial charge in [0.1, 0.15) is 11.6 Å². The van der Waals surface area contributed by atoms with Crippen LogP contribution in [0, 0.1) is 5.82 Å². The Labute approximate surface area is 156 Å². The lowest BCUT2D eigenvalue weighted by atomic mass is 10.1. The van der Waals surface area contributed by atoms with Gasteiger partial charge in [0, 0.05) is 18.5 Å². The van der Waals surface area contributed by atoms with E-state index in [1.165, 1.54) is 23.5 Å². The molecule has 8 heteroatoms. The molecule has 1 aliphatic rings. The Morgan fingerprint density at radius 2 is 2.04 bits per heavy atom. The summed E-state index contributed by atoms with van der Waals surface area (Å²) >= 11 is 1.20. The maximum Gasteiger partial charge on any atom is 0.261 e. The molecule has 0 spiro atoms. The Morgan fingerprint density at radius 1 is 1.15 bits per heavy atom. The van der Waals surface area contributed by atoms with E-state index < -0.39 is 0 Å². The number of hydrogen-bond donors (Lipinski definition) is 1. The minimum Gasteiger partial charge on any atom is -0.298 e. The summed E-state index contributed by atoms with van der Waals surface area (Å²) in [7, 11) is 0. The van der Waals surface area contributed by atoms with E-state index in [0.29, 0.717) is 38.4 Å². The maximum absolute atomic E-state index is 13.3. The van der Waals surface area contributed by atoms with Crippen molar-refractivity contribution in [3.8, 4) is 0 Å². The number of anilines is 1. The number of benzene rings is 2. The first kappa shape index (κ1) is 16.1. The first-order chi connectivity index (χ1) is 13.1. The van der Waals surface area contributed by atoms with Crippen molar-refractivity contribution in [3.05, 3.63) is 64.0 Å². The molecule has 1 N–H and O–H groups in total. The monoisotopic (exact) mass is 380 g/mol. The molecule has 0 fully saturated rings. The molecule has 0 bridgehead atoms. The van der Waals surface area contributed by atoms with E-state index in [4.69, 9.17) is 0 Å². The van der Waals surface area contributed by atoms with Gasteiger partial charge in [-0.1, -0.05) is 11.3 Å². The van der Waals surface area contributed by atoms with Crippen molar-refractivity contribution >= 4 is 43.5 Å². The quantitative estimate of drug-likeness (QED) is 0.579. The second kappa shape index (κ2) is 5.95. The number of nitrogens with one attached hydrogen (secondary N) is 1. The summed E-state index contributed by atoms with van der Waals surface area (Å²) in [5.41, 5.74) is 1.48. The SMILES string of the molecule is O=C(Nc1nc2ccc(F)cc2s1)c1ccc2c(=O)n3c(nc2c1)CCC3. The second-order valence-electron chi connectivity index (χ2n) is 6.41. The third kappa shape index (κ3) is 2.69. The predicted molar refractivity (Wildman–Crippen MR) is 102 cm³/mol. The summed E-state index contributed by atoms with van der Waals surface area (Å²) in [6, 6.07) is 9.16. The number of aryl methyl sites for hydroxylation is 1. The molecule has 4 aromatic rings. The molecule has 6 nitrogen and oxygen atoms in total. The molecule has 134 valence electrons.